The van der Waals surface area contributed by atoms with Gasteiger partial charge in [0.1, 0.15) is 6.04 Å². The van der Waals surface area contributed by atoms with Gasteiger partial charge in [0.15, 0.2) is 0 Å². The molecular formula is C13H17ClN2O2. The van der Waals surface area contributed by atoms with Crippen LogP contribution in [0, 0.1) is 0 Å². The molecular weight excluding hydrogens is 252 g/mol. The Morgan fingerprint density at radius 1 is 1.33 bits per heavy atom. The largest absolute Gasteiger partial charge is 0.357 e. The molecule has 0 radical (unpaired) electrons. The van der Waals surface area contributed by atoms with Crippen LogP contribution >= 0.6 is 11.6 Å². The second-order valence-corrected chi connectivity index (χ2v) is 4.50. The number of amides is 2. The smallest absolute Gasteiger partial charge is 0.242 e. The summed E-state index contributed by atoms with van der Waals surface area (Å²) in [5.74, 6) is -0.319. The maximum Gasteiger partial charge on any atom is 0.242 e. The molecule has 2 amide bonds. The summed E-state index contributed by atoms with van der Waals surface area (Å²) in [4.78, 5) is 24.7. The lowest BCUT2D eigenvalue weighted by Gasteiger charge is -2.27. The highest BCUT2D eigenvalue weighted by Gasteiger charge is 2.22. The van der Waals surface area contributed by atoms with Gasteiger partial charge < -0.3 is 10.2 Å². The van der Waals surface area contributed by atoms with Gasteiger partial charge in [-0.25, -0.2) is 0 Å². The van der Waals surface area contributed by atoms with Gasteiger partial charge in [-0.3, -0.25) is 9.59 Å². The third kappa shape index (κ3) is 3.74. The number of likely N-dealkylation sites (N-methyl/N-ethyl adjacent to an activating group) is 1. The molecule has 0 bridgehead atoms. The summed E-state index contributed by atoms with van der Waals surface area (Å²) in [6.45, 7) is 3.55. The zero-order valence-electron chi connectivity index (χ0n) is 10.7. The van der Waals surface area contributed by atoms with Crippen LogP contribution in [-0.2, 0) is 16.1 Å². The minimum atomic E-state index is -0.497. The summed E-state index contributed by atoms with van der Waals surface area (Å²) in [6.07, 6.45) is 0. The van der Waals surface area contributed by atoms with Crippen LogP contribution in [-0.4, -0.2) is 29.8 Å². The van der Waals surface area contributed by atoms with E-state index in [1.165, 1.54) is 11.8 Å². The summed E-state index contributed by atoms with van der Waals surface area (Å²) >= 11 is 5.80. The highest BCUT2D eigenvalue weighted by Crippen LogP contribution is 2.13. The van der Waals surface area contributed by atoms with Gasteiger partial charge in [0.2, 0.25) is 11.8 Å². The van der Waals surface area contributed by atoms with E-state index in [2.05, 4.69) is 5.32 Å². The van der Waals surface area contributed by atoms with Crippen molar-refractivity contribution in [3.8, 4) is 0 Å². The number of carbonyl (C=O) groups is 2. The van der Waals surface area contributed by atoms with E-state index in [9.17, 15) is 9.59 Å². The molecule has 0 aliphatic heterocycles. The maximum absolute atomic E-state index is 11.6. The lowest BCUT2D eigenvalue weighted by atomic mass is 10.1. The van der Waals surface area contributed by atoms with Crippen molar-refractivity contribution < 1.29 is 9.59 Å². The molecule has 0 spiro atoms. The highest BCUT2D eigenvalue weighted by atomic mass is 35.5. The Morgan fingerprint density at radius 2 is 1.89 bits per heavy atom. The monoisotopic (exact) mass is 268 g/mol. The normalized spacial score (nSPS) is 11.8. The van der Waals surface area contributed by atoms with Crippen LogP contribution in [0.5, 0.6) is 0 Å². The van der Waals surface area contributed by atoms with Crippen LogP contribution in [0.1, 0.15) is 19.4 Å². The van der Waals surface area contributed by atoms with Gasteiger partial charge in [0, 0.05) is 25.5 Å². The molecule has 0 heterocycles. The van der Waals surface area contributed by atoms with Crippen molar-refractivity contribution in [2.24, 2.45) is 0 Å². The van der Waals surface area contributed by atoms with Crippen molar-refractivity contribution in [1.29, 1.82) is 0 Å². The van der Waals surface area contributed by atoms with Gasteiger partial charge in [0.25, 0.3) is 0 Å². The topological polar surface area (TPSA) is 49.4 Å². The third-order valence-electron chi connectivity index (χ3n) is 2.76. The van der Waals surface area contributed by atoms with Crippen LogP contribution in [0.4, 0.5) is 0 Å². The Morgan fingerprint density at radius 3 is 2.33 bits per heavy atom. The van der Waals surface area contributed by atoms with Crippen LogP contribution < -0.4 is 5.32 Å². The molecule has 1 aromatic carbocycles. The lowest BCUT2D eigenvalue weighted by Crippen LogP contribution is -2.45. The SMILES string of the molecule is CNC(=O)[C@H](C)N(Cc1ccc(Cl)cc1)C(C)=O. The van der Waals surface area contributed by atoms with Crippen molar-refractivity contribution in [1.82, 2.24) is 10.2 Å². The Labute approximate surface area is 112 Å². The molecule has 1 N–H and O–H groups in total. The average Bonchev–Trinajstić information content (AvgIpc) is 2.36. The van der Waals surface area contributed by atoms with Crippen LogP contribution in [0.25, 0.3) is 0 Å². The van der Waals surface area contributed by atoms with E-state index in [0.29, 0.717) is 11.6 Å². The average molecular weight is 269 g/mol. The van der Waals surface area contributed by atoms with Gasteiger partial charge in [-0.15, -0.1) is 0 Å². The van der Waals surface area contributed by atoms with Crippen LogP contribution in [0.2, 0.25) is 5.02 Å². The number of halogens is 1. The zero-order chi connectivity index (χ0) is 13.7. The first-order valence-electron chi connectivity index (χ1n) is 5.69. The van der Waals surface area contributed by atoms with E-state index in [1.807, 2.05) is 12.1 Å². The summed E-state index contributed by atoms with van der Waals surface area (Å²) in [5, 5.41) is 3.19. The minimum absolute atomic E-state index is 0.138. The molecule has 4 nitrogen and oxygen atoms in total. The zero-order valence-corrected chi connectivity index (χ0v) is 11.5. The number of nitrogens with one attached hydrogen (secondary N) is 1. The molecule has 0 fully saturated rings. The van der Waals surface area contributed by atoms with E-state index in [-0.39, 0.29) is 11.8 Å². The van der Waals surface area contributed by atoms with Gasteiger partial charge in [-0.1, -0.05) is 23.7 Å². The van der Waals surface area contributed by atoms with Crippen molar-refractivity contribution >= 4 is 23.4 Å². The van der Waals surface area contributed by atoms with Crippen LogP contribution in [0.3, 0.4) is 0 Å². The predicted octanol–water partition coefficient (Wildman–Crippen LogP) is 1.82. The summed E-state index contributed by atoms with van der Waals surface area (Å²) in [5.41, 5.74) is 0.936. The van der Waals surface area contributed by atoms with Crippen molar-refractivity contribution in [2.45, 2.75) is 26.4 Å². The molecule has 18 heavy (non-hydrogen) atoms. The Balaban J connectivity index is 2.84. The number of hydrogen-bond acceptors (Lipinski definition) is 2. The Bertz CT molecular complexity index is 431. The fourth-order valence-electron chi connectivity index (χ4n) is 1.66. The second kappa shape index (κ2) is 6.40. The molecule has 0 aliphatic carbocycles. The van der Waals surface area contributed by atoms with E-state index in [1.54, 1.807) is 26.1 Å². The molecule has 1 atom stereocenters. The van der Waals surface area contributed by atoms with Crippen molar-refractivity contribution in [3.05, 3.63) is 34.9 Å². The van der Waals surface area contributed by atoms with Gasteiger partial charge in [0.05, 0.1) is 0 Å². The van der Waals surface area contributed by atoms with E-state index >= 15 is 0 Å². The molecule has 0 saturated heterocycles. The van der Waals surface area contributed by atoms with E-state index in [0.717, 1.165) is 5.56 Å². The molecule has 5 heteroatoms. The fourth-order valence-corrected chi connectivity index (χ4v) is 1.78. The fraction of sp³-hybridized carbons (Fsp3) is 0.385. The standard InChI is InChI=1S/C13H17ClN2O2/c1-9(13(18)15-3)16(10(2)17)8-11-4-6-12(14)7-5-11/h4-7,9H,8H2,1-3H3,(H,15,18)/t9-/m0/s1. The summed E-state index contributed by atoms with van der Waals surface area (Å²) in [6, 6.07) is 6.71. The molecule has 0 saturated carbocycles. The lowest BCUT2D eigenvalue weighted by molar-refractivity contribution is -0.138. The number of nitrogens with zero attached hydrogens (tertiary/aromatic N) is 1. The maximum atomic E-state index is 11.6. The summed E-state index contributed by atoms with van der Waals surface area (Å²) in [7, 11) is 1.55. The van der Waals surface area contributed by atoms with Crippen LogP contribution in [0.15, 0.2) is 24.3 Å². The van der Waals surface area contributed by atoms with Crippen molar-refractivity contribution in [3.63, 3.8) is 0 Å². The first-order chi connectivity index (χ1) is 8.45. The molecule has 0 aliphatic rings. The van der Waals surface area contributed by atoms with Gasteiger partial charge in [-0.05, 0) is 24.6 Å². The molecule has 0 aromatic heterocycles. The first-order valence-corrected chi connectivity index (χ1v) is 6.06. The number of carbonyl (C=O) groups excluding carboxylic acids is 2. The molecule has 98 valence electrons. The number of hydrogen-bond donors (Lipinski definition) is 1. The van der Waals surface area contributed by atoms with E-state index in [4.69, 9.17) is 11.6 Å². The third-order valence-corrected chi connectivity index (χ3v) is 3.02. The number of benzene rings is 1. The van der Waals surface area contributed by atoms with E-state index < -0.39 is 6.04 Å². The Hall–Kier alpha value is -1.55. The number of rotatable bonds is 4. The predicted molar refractivity (Wildman–Crippen MR) is 71.2 cm³/mol. The second-order valence-electron chi connectivity index (χ2n) is 4.06. The minimum Gasteiger partial charge on any atom is -0.357 e. The first kappa shape index (κ1) is 14.5. The van der Waals surface area contributed by atoms with Crippen molar-refractivity contribution in [2.75, 3.05) is 7.05 Å². The highest BCUT2D eigenvalue weighted by molar-refractivity contribution is 6.30. The molecule has 0 unspecified atom stereocenters. The van der Waals surface area contributed by atoms with Gasteiger partial charge in [-0.2, -0.15) is 0 Å². The van der Waals surface area contributed by atoms with Gasteiger partial charge >= 0.3 is 0 Å². The molecule has 1 aromatic rings. The quantitative estimate of drug-likeness (QED) is 0.906. The Kier molecular flexibility index (Phi) is 5.16. The summed E-state index contributed by atoms with van der Waals surface area (Å²) < 4.78 is 0. The molecule has 1 rings (SSSR count).